The lowest BCUT2D eigenvalue weighted by Crippen LogP contribution is -2.47. The summed E-state index contributed by atoms with van der Waals surface area (Å²) >= 11 is 0. The molecule has 1 atom stereocenters. The topological polar surface area (TPSA) is 32.8 Å². The largest absolute Gasteiger partial charge is 0.494 e. The van der Waals surface area contributed by atoms with Crippen LogP contribution in [0.2, 0.25) is 0 Å². The van der Waals surface area contributed by atoms with Gasteiger partial charge in [-0.1, -0.05) is 30.3 Å². The number of halogens is 1. The third kappa shape index (κ3) is 3.88. The summed E-state index contributed by atoms with van der Waals surface area (Å²) in [5, 5.41) is 0. The summed E-state index contributed by atoms with van der Waals surface area (Å²) in [6.45, 7) is 3.97. The van der Waals surface area contributed by atoms with Gasteiger partial charge in [0.2, 0.25) is 5.91 Å². The van der Waals surface area contributed by atoms with Crippen molar-refractivity contribution in [3.8, 4) is 5.75 Å². The van der Waals surface area contributed by atoms with E-state index in [1.807, 2.05) is 13.0 Å². The van der Waals surface area contributed by atoms with Crippen LogP contribution in [0.15, 0.2) is 42.5 Å². The van der Waals surface area contributed by atoms with Gasteiger partial charge in [0.1, 0.15) is 0 Å². The van der Waals surface area contributed by atoms with Crippen LogP contribution in [0.1, 0.15) is 23.6 Å². The highest BCUT2D eigenvalue weighted by Gasteiger charge is 2.27. The Kier molecular flexibility index (Phi) is 5.57. The molecule has 4 nitrogen and oxygen atoms in total. The van der Waals surface area contributed by atoms with Crippen LogP contribution in [0.3, 0.4) is 0 Å². The average Bonchev–Trinajstić information content (AvgIpc) is 2.66. The molecule has 2 aromatic rings. The zero-order chi connectivity index (χ0) is 18.7. The Hall–Kier alpha value is -2.40. The number of rotatable bonds is 5. The quantitative estimate of drug-likeness (QED) is 0.825. The van der Waals surface area contributed by atoms with Crippen molar-refractivity contribution in [1.82, 2.24) is 9.80 Å². The molecule has 1 unspecified atom stereocenters. The van der Waals surface area contributed by atoms with Gasteiger partial charge in [0.25, 0.3) is 0 Å². The van der Waals surface area contributed by atoms with Crippen LogP contribution < -0.4 is 4.74 Å². The Bertz CT molecular complexity index is 793. The number of hydrogen-bond acceptors (Lipinski definition) is 3. The molecule has 1 heterocycles. The van der Waals surface area contributed by atoms with Gasteiger partial charge in [-0.2, -0.15) is 0 Å². The highest BCUT2D eigenvalue weighted by atomic mass is 19.1. The molecule has 1 amide bonds. The van der Waals surface area contributed by atoms with Crippen molar-refractivity contribution < 1.29 is 13.9 Å². The summed E-state index contributed by atoms with van der Waals surface area (Å²) in [4.78, 5) is 16.7. The lowest BCUT2D eigenvalue weighted by molar-refractivity contribution is -0.136. The molecule has 138 valence electrons. The van der Waals surface area contributed by atoms with E-state index in [1.54, 1.807) is 24.1 Å². The lowest BCUT2D eigenvalue weighted by Gasteiger charge is -2.34. The molecule has 0 N–H and O–H groups in total. The van der Waals surface area contributed by atoms with Gasteiger partial charge in [-0.15, -0.1) is 0 Å². The van der Waals surface area contributed by atoms with Gasteiger partial charge in [-0.3, -0.25) is 9.69 Å². The van der Waals surface area contributed by atoms with E-state index in [-0.39, 0.29) is 17.7 Å². The van der Waals surface area contributed by atoms with Gasteiger partial charge < -0.3 is 9.64 Å². The van der Waals surface area contributed by atoms with Crippen molar-refractivity contribution in [3.05, 3.63) is 65.0 Å². The number of nitrogens with zero attached hydrogens (tertiary/aromatic N) is 2. The minimum absolute atomic E-state index is 0.0422. The third-order valence-corrected chi connectivity index (χ3v) is 5.08. The van der Waals surface area contributed by atoms with E-state index >= 15 is 0 Å². The maximum absolute atomic E-state index is 13.9. The van der Waals surface area contributed by atoms with Crippen LogP contribution in [0.5, 0.6) is 5.75 Å². The van der Waals surface area contributed by atoms with E-state index in [9.17, 15) is 9.18 Å². The van der Waals surface area contributed by atoms with Gasteiger partial charge in [-0.05, 0) is 42.2 Å². The summed E-state index contributed by atoms with van der Waals surface area (Å²) < 4.78 is 18.8. The van der Waals surface area contributed by atoms with E-state index in [4.69, 9.17) is 4.74 Å². The van der Waals surface area contributed by atoms with Crippen molar-refractivity contribution in [2.75, 3.05) is 20.7 Å². The molecule has 3 rings (SSSR count). The van der Waals surface area contributed by atoms with Gasteiger partial charge >= 0.3 is 0 Å². The molecule has 0 aliphatic carbocycles. The Morgan fingerprint density at radius 3 is 2.69 bits per heavy atom. The molecule has 0 bridgehead atoms. The van der Waals surface area contributed by atoms with Gasteiger partial charge in [0.05, 0.1) is 13.2 Å². The van der Waals surface area contributed by atoms with E-state index in [0.29, 0.717) is 6.54 Å². The fraction of sp³-hybridized carbons (Fsp3) is 0.381. The highest BCUT2D eigenvalue weighted by molar-refractivity contribution is 5.81. The van der Waals surface area contributed by atoms with E-state index in [2.05, 4.69) is 23.1 Å². The number of carbonyl (C=O) groups excluding carboxylic acids is 1. The van der Waals surface area contributed by atoms with Crippen molar-refractivity contribution >= 4 is 5.91 Å². The van der Waals surface area contributed by atoms with Crippen LogP contribution in [0.25, 0.3) is 0 Å². The second kappa shape index (κ2) is 7.87. The predicted molar refractivity (Wildman–Crippen MR) is 99.4 cm³/mol. The van der Waals surface area contributed by atoms with Crippen LogP contribution in [-0.4, -0.2) is 42.5 Å². The van der Waals surface area contributed by atoms with Crippen molar-refractivity contribution in [2.45, 2.75) is 32.5 Å². The predicted octanol–water partition coefficient (Wildman–Crippen LogP) is 3.24. The number of fused-ring (bicyclic) bond motifs is 1. The first-order chi connectivity index (χ1) is 12.5. The number of benzene rings is 2. The number of likely N-dealkylation sites (N-methyl/N-ethyl adjacent to an activating group) is 1. The van der Waals surface area contributed by atoms with Crippen LogP contribution in [0, 0.1) is 5.82 Å². The molecule has 2 aromatic carbocycles. The lowest BCUT2D eigenvalue weighted by atomic mass is 9.98. The fourth-order valence-electron chi connectivity index (χ4n) is 3.48. The highest BCUT2D eigenvalue weighted by Crippen LogP contribution is 2.22. The number of methoxy groups -OCH3 is 1. The van der Waals surface area contributed by atoms with Gasteiger partial charge in [0, 0.05) is 26.7 Å². The Balaban J connectivity index is 1.64. The van der Waals surface area contributed by atoms with E-state index in [1.165, 1.54) is 24.3 Å². The van der Waals surface area contributed by atoms with E-state index < -0.39 is 5.82 Å². The maximum Gasteiger partial charge on any atom is 0.239 e. The molecule has 0 aromatic heterocycles. The zero-order valence-electron chi connectivity index (χ0n) is 15.5. The standard InChI is InChI=1S/C21H25FN2O2/c1-15(24-11-10-17-6-4-5-7-18(17)14-24)21(25)23(2)13-16-8-9-20(26-3)19(22)12-16/h4-9,12,15H,10-11,13-14H2,1-3H3. The normalized spacial score (nSPS) is 15.2. The molecule has 0 saturated carbocycles. The Morgan fingerprint density at radius 2 is 2.00 bits per heavy atom. The maximum atomic E-state index is 13.9. The summed E-state index contributed by atoms with van der Waals surface area (Å²) in [6, 6.07) is 13.0. The number of carbonyl (C=O) groups is 1. The Morgan fingerprint density at radius 1 is 1.27 bits per heavy atom. The SMILES string of the molecule is COc1ccc(CN(C)C(=O)C(C)N2CCc3ccccc3C2)cc1F. The van der Waals surface area contributed by atoms with Crippen molar-refractivity contribution in [2.24, 2.45) is 0 Å². The first-order valence-corrected chi connectivity index (χ1v) is 8.88. The molecule has 0 radical (unpaired) electrons. The van der Waals surface area contributed by atoms with Crippen LogP contribution >= 0.6 is 0 Å². The van der Waals surface area contributed by atoms with Crippen LogP contribution in [0.4, 0.5) is 4.39 Å². The molecule has 0 saturated heterocycles. The molecule has 26 heavy (non-hydrogen) atoms. The number of amides is 1. The Labute approximate surface area is 154 Å². The van der Waals surface area contributed by atoms with Crippen LogP contribution in [-0.2, 0) is 24.3 Å². The molecular formula is C21H25FN2O2. The summed E-state index contributed by atoms with van der Waals surface area (Å²) in [7, 11) is 3.20. The van der Waals surface area contributed by atoms with Crippen molar-refractivity contribution in [3.63, 3.8) is 0 Å². The minimum Gasteiger partial charge on any atom is -0.494 e. The minimum atomic E-state index is -0.411. The van der Waals surface area contributed by atoms with E-state index in [0.717, 1.165) is 25.1 Å². The summed E-state index contributed by atoms with van der Waals surface area (Å²) in [6.07, 6.45) is 0.960. The second-order valence-electron chi connectivity index (χ2n) is 6.83. The molecule has 5 heteroatoms. The summed E-state index contributed by atoms with van der Waals surface area (Å²) in [5.41, 5.74) is 3.40. The van der Waals surface area contributed by atoms with Crippen molar-refractivity contribution in [1.29, 1.82) is 0 Å². The molecule has 0 fully saturated rings. The third-order valence-electron chi connectivity index (χ3n) is 5.08. The smallest absolute Gasteiger partial charge is 0.239 e. The fourth-order valence-corrected chi connectivity index (χ4v) is 3.48. The molecular weight excluding hydrogens is 331 g/mol. The monoisotopic (exact) mass is 356 g/mol. The molecule has 0 spiro atoms. The van der Waals surface area contributed by atoms with Gasteiger partial charge in [0.15, 0.2) is 11.6 Å². The zero-order valence-corrected chi connectivity index (χ0v) is 15.5. The molecule has 1 aliphatic heterocycles. The first-order valence-electron chi connectivity index (χ1n) is 8.88. The molecule has 1 aliphatic rings. The number of hydrogen-bond donors (Lipinski definition) is 0. The second-order valence-corrected chi connectivity index (χ2v) is 6.83. The van der Waals surface area contributed by atoms with Gasteiger partial charge in [-0.25, -0.2) is 4.39 Å². The summed E-state index contributed by atoms with van der Waals surface area (Å²) in [5.74, 6) is -0.157. The number of ether oxygens (including phenoxy) is 1. The first kappa shape index (κ1) is 18.4. The average molecular weight is 356 g/mol.